The van der Waals surface area contributed by atoms with E-state index in [1.54, 1.807) is 38.1 Å². The molecular formula is C26H25ClN2O3. The number of nitrogens with zero attached hydrogens (tertiary/aromatic N) is 1. The van der Waals surface area contributed by atoms with Crippen molar-refractivity contribution in [3.05, 3.63) is 76.8 Å². The van der Waals surface area contributed by atoms with Crippen LogP contribution in [0.1, 0.15) is 31.9 Å². The number of carbonyl (C=O) groups is 1. The van der Waals surface area contributed by atoms with E-state index in [9.17, 15) is 4.79 Å². The molecule has 1 aromatic heterocycles. The lowest BCUT2D eigenvalue weighted by Crippen LogP contribution is -2.42. The molecule has 32 heavy (non-hydrogen) atoms. The van der Waals surface area contributed by atoms with Gasteiger partial charge in [0.25, 0.3) is 5.91 Å². The number of amides is 1. The Bertz CT molecular complexity index is 1280. The van der Waals surface area contributed by atoms with Crippen LogP contribution in [0, 0.1) is 6.92 Å². The van der Waals surface area contributed by atoms with Crippen LogP contribution in [0.3, 0.4) is 0 Å². The van der Waals surface area contributed by atoms with Crippen molar-refractivity contribution < 1.29 is 13.9 Å². The average Bonchev–Trinajstić information content (AvgIpc) is 3.20. The lowest BCUT2D eigenvalue weighted by Gasteiger charge is -2.26. The first-order chi connectivity index (χ1) is 15.2. The van der Waals surface area contributed by atoms with E-state index in [2.05, 4.69) is 17.2 Å². The Kier molecular flexibility index (Phi) is 5.94. The van der Waals surface area contributed by atoms with Crippen LogP contribution in [-0.2, 0) is 11.2 Å². The third-order valence-corrected chi connectivity index (χ3v) is 5.58. The maximum Gasteiger partial charge on any atom is 0.267 e. The summed E-state index contributed by atoms with van der Waals surface area (Å²) in [7, 11) is 0. The summed E-state index contributed by atoms with van der Waals surface area (Å²) in [6.07, 6.45) is 0.937. The minimum absolute atomic E-state index is 0.266. The van der Waals surface area contributed by atoms with Crippen LogP contribution in [0.15, 0.2) is 65.1 Å². The largest absolute Gasteiger partial charge is 0.478 e. The van der Waals surface area contributed by atoms with E-state index in [-0.39, 0.29) is 5.91 Å². The molecule has 0 aliphatic rings. The third kappa shape index (κ3) is 4.63. The number of hydrogen-bond donors (Lipinski definition) is 1. The Labute approximate surface area is 192 Å². The number of rotatable bonds is 6. The molecule has 0 saturated carbocycles. The molecule has 4 aromatic rings. The second kappa shape index (κ2) is 8.67. The molecule has 0 saturated heterocycles. The predicted octanol–water partition coefficient (Wildman–Crippen LogP) is 6.82. The van der Waals surface area contributed by atoms with Crippen molar-refractivity contribution in [2.24, 2.45) is 0 Å². The fourth-order valence-electron chi connectivity index (χ4n) is 3.32. The molecular weight excluding hydrogens is 424 g/mol. The van der Waals surface area contributed by atoms with Crippen LogP contribution < -0.4 is 10.1 Å². The maximum atomic E-state index is 13.0. The lowest BCUT2D eigenvalue weighted by molar-refractivity contribution is -0.128. The van der Waals surface area contributed by atoms with E-state index in [0.717, 1.165) is 28.6 Å². The molecule has 164 valence electrons. The molecule has 5 nitrogen and oxygen atoms in total. The van der Waals surface area contributed by atoms with Crippen molar-refractivity contribution in [2.75, 3.05) is 5.32 Å². The van der Waals surface area contributed by atoms with Gasteiger partial charge in [-0.15, -0.1) is 0 Å². The summed E-state index contributed by atoms with van der Waals surface area (Å²) in [5.74, 6) is 0.816. The van der Waals surface area contributed by atoms with Crippen LogP contribution in [-0.4, -0.2) is 16.5 Å². The molecule has 1 amide bonds. The Morgan fingerprint density at radius 1 is 1.09 bits per heavy atom. The number of ether oxygens (including phenoxy) is 1. The van der Waals surface area contributed by atoms with Crippen molar-refractivity contribution in [3.63, 3.8) is 0 Å². The van der Waals surface area contributed by atoms with Gasteiger partial charge in [0.1, 0.15) is 11.3 Å². The van der Waals surface area contributed by atoms with Gasteiger partial charge in [0.15, 0.2) is 11.2 Å². The first-order valence-electron chi connectivity index (χ1n) is 10.5. The summed E-state index contributed by atoms with van der Waals surface area (Å²) < 4.78 is 11.9. The zero-order valence-electron chi connectivity index (χ0n) is 18.5. The van der Waals surface area contributed by atoms with Crippen LogP contribution in [0.4, 0.5) is 5.69 Å². The molecule has 3 aromatic carbocycles. The average molecular weight is 449 g/mol. The van der Waals surface area contributed by atoms with Crippen molar-refractivity contribution in [2.45, 2.75) is 39.7 Å². The molecule has 0 aliphatic carbocycles. The van der Waals surface area contributed by atoms with Gasteiger partial charge in [0.2, 0.25) is 5.89 Å². The van der Waals surface area contributed by atoms with Gasteiger partial charge in [0.05, 0.1) is 0 Å². The Hall–Kier alpha value is -3.31. The fraction of sp³-hybridized carbons (Fsp3) is 0.231. The molecule has 0 bridgehead atoms. The quantitative estimate of drug-likeness (QED) is 0.351. The SMILES string of the molecule is CCc1ccc2oc(-c3ccc(C)c(NC(=O)C(C)(C)Oc4ccc(Cl)cc4)c3)nc2c1. The molecule has 1 N–H and O–H groups in total. The minimum Gasteiger partial charge on any atom is -0.478 e. The van der Waals surface area contributed by atoms with Gasteiger partial charge < -0.3 is 14.5 Å². The van der Waals surface area contributed by atoms with Crippen LogP contribution in [0.2, 0.25) is 5.02 Å². The van der Waals surface area contributed by atoms with Crippen LogP contribution in [0.25, 0.3) is 22.6 Å². The van der Waals surface area contributed by atoms with E-state index in [1.165, 1.54) is 5.56 Å². The highest BCUT2D eigenvalue weighted by atomic mass is 35.5. The Morgan fingerprint density at radius 2 is 1.84 bits per heavy atom. The second-order valence-corrected chi connectivity index (χ2v) is 8.66. The number of benzene rings is 3. The van der Waals surface area contributed by atoms with E-state index in [0.29, 0.717) is 22.4 Å². The van der Waals surface area contributed by atoms with Crippen LogP contribution in [0.5, 0.6) is 5.75 Å². The zero-order valence-corrected chi connectivity index (χ0v) is 19.3. The van der Waals surface area contributed by atoms with Gasteiger partial charge in [-0.05, 0) is 86.8 Å². The highest BCUT2D eigenvalue weighted by Crippen LogP contribution is 2.29. The summed E-state index contributed by atoms with van der Waals surface area (Å²) in [4.78, 5) is 17.7. The molecule has 4 rings (SSSR count). The number of carbonyl (C=O) groups excluding carboxylic acids is 1. The molecule has 0 fully saturated rings. The van der Waals surface area contributed by atoms with E-state index >= 15 is 0 Å². The monoisotopic (exact) mass is 448 g/mol. The van der Waals surface area contributed by atoms with E-state index < -0.39 is 5.60 Å². The number of halogens is 1. The molecule has 0 atom stereocenters. The molecule has 6 heteroatoms. The highest BCUT2D eigenvalue weighted by Gasteiger charge is 2.30. The van der Waals surface area contributed by atoms with Crippen molar-refractivity contribution in [1.82, 2.24) is 4.98 Å². The second-order valence-electron chi connectivity index (χ2n) is 8.22. The van der Waals surface area contributed by atoms with Gasteiger partial charge in [0, 0.05) is 16.3 Å². The number of nitrogens with one attached hydrogen (secondary N) is 1. The summed E-state index contributed by atoms with van der Waals surface area (Å²) in [5.41, 5.74) is 4.06. The predicted molar refractivity (Wildman–Crippen MR) is 128 cm³/mol. The van der Waals surface area contributed by atoms with Crippen LogP contribution >= 0.6 is 11.6 Å². The number of oxazole rings is 1. The third-order valence-electron chi connectivity index (χ3n) is 5.33. The molecule has 1 heterocycles. The summed E-state index contributed by atoms with van der Waals surface area (Å²) in [5, 5.41) is 3.59. The zero-order chi connectivity index (χ0) is 22.9. The Balaban J connectivity index is 1.57. The first kappa shape index (κ1) is 21.9. The van der Waals surface area contributed by atoms with Crippen molar-refractivity contribution in [1.29, 1.82) is 0 Å². The van der Waals surface area contributed by atoms with Gasteiger partial charge in [-0.2, -0.15) is 0 Å². The number of aromatic nitrogens is 1. The fourth-order valence-corrected chi connectivity index (χ4v) is 3.45. The van der Waals surface area contributed by atoms with Gasteiger partial charge in [-0.25, -0.2) is 4.98 Å². The van der Waals surface area contributed by atoms with E-state index in [1.807, 2.05) is 43.3 Å². The normalized spacial score (nSPS) is 11.5. The molecule has 0 spiro atoms. The lowest BCUT2D eigenvalue weighted by atomic mass is 10.1. The Morgan fingerprint density at radius 3 is 2.56 bits per heavy atom. The number of aryl methyl sites for hydroxylation is 2. The standard InChI is InChI=1S/C26H25ClN2O3/c1-5-17-7-13-23-22(14-17)28-24(31-23)18-8-6-16(2)21(15-18)29-25(30)26(3,4)32-20-11-9-19(27)10-12-20/h6-15H,5H2,1-4H3,(H,29,30). The van der Waals surface area contributed by atoms with Gasteiger partial charge in [-0.1, -0.05) is 30.7 Å². The minimum atomic E-state index is -1.09. The van der Waals surface area contributed by atoms with Crippen molar-refractivity contribution >= 4 is 34.3 Å². The topological polar surface area (TPSA) is 64.4 Å². The first-order valence-corrected chi connectivity index (χ1v) is 10.9. The number of hydrogen-bond acceptors (Lipinski definition) is 4. The summed E-state index contributed by atoms with van der Waals surface area (Å²) in [6, 6.07) is 18.7. The van der Waals surface area contributed by atoms with Gasteiger partial charge >= 0.3 is 0 Å². The maximum absolute atomic E-state index is 13.0. The van der Waals surface area contributed by atoms with E-state index in [4.69, 9.17) is 20.8 Å². The summed E-state index contributed by atoms with van der Waals surface area (Å²) >= 11 is 5.93. The molecule has 0 unspecified atom stereocenters. The van der Waals surface area contributed by atoms with Crippen molar-refractivity contribution in [3.8, 4) is 17.2 Å². The molecule has 0 aliphatic heterocycles. The molecule has 0 radical (unpaired) electrons. The highest BCUT2D eigenvalue weighted by molar-refractivity contribution is 6.30. The number of fused-ring (bicyclic) bond motifs is 1. The van der Waals surface area contributed by atoms with Gasteiger partial charge in [-0.3, -0.25) is 4.79 Å². The smallest absolute Gasteiger partial charge is 0.267 e. The summed E-state index contributed by atoms with van der Waals surface area (Å²) in [6.45, 7) is 7.49. The number of anilines is 1.